The highest BCUT2D eigenvalue weighted by atomic mass is 16.5. The van der Waals surface area contributed by atoms with Gasteiger partial charge in [0.15, 0.2) is 5.78 Å². The van der Waals surface area contributed by atoms with Crippen molar-refractivity contribution >= 4 is 17.6 Å². The predicted octanol–water partition coefficient (Wildman–Crippen LogP) is 2.33. The number of nitrogens with one attached hydrogen (secondary N) is 2. The van der Waals surface area contributed by atoms with E-state index in [1.165, 1.54) is 0 Å². The number of carbonyl (C=O) groups is 3. The summed E-state index contributed by atoms with van der Waals surface area (Å²) < 4.78 is 10.7. The largest absolute Gasteiger partial charge is 0.378 e. The molecule has 0 aromatic carbocycles. The lowest BCUT2D eigenvalue weighted by atomic mass is 9.85. The van der Waals surface area contributed by atoms with Gasteiger partial charge in [-0.3, -0.25) is 14.4 Å². The van der Waals surface area contributed by atoms with Gasteiger partial charge in [-0.25, -0.2) is 0 Å². The third-order valence-corrected chi connectivity index (χ3v) is 4.68. The van der Waals surface area contributed by atoms with Crippen molar-refractivity contribution in [3.63, 3.8) is 0 Å². The summed E-state index contributed by atoms with van der Waals surface area (Å²) >= 11 is 0. The van der Waals surface area contributed by atoms with Gasteiger partial charge in [0.2, 0.25) is 11.8 Å². The molecule has 0 aliphatic heterocycles. The van der Waals surface area contributed by atoms with Gasteiger partial charge in [0.1, 0.15) is 6.61 Å². The fourth-order valence-electron chi connectivity index (χ4n) is 2.92. The average Bonchev–Trinajstić information content (AvgIpc) is 2.61. The topological polar surface area (TPSA) is 93.7 Å². The van der Waals surface area contributed by atoms with E-state index < -0.39 is 0 Å². The molecule has 160 valence electrons. The van der Waals surface area contributed by atoms with Crippen molar-refractivity contribution in [1.82, 2.24) is 10.6 Å². The van der Waals surface area contributed by atoms with E-state index in [-0.39, 0.29) is 51.0 Å². The Balaban J connectivity index is 0. The second-order valence-electron chi connectivity index (χ2n) is 7.75. The first kappa shape index (κ1) is 23.6. The average molecular weight is 389 g/mol. The zero-order chi connectivity index (χ0) is 20.2. The number of ketones is 1. The van der Waals surface area contributed by atoms with Crippen LogP contribution >= 0.6 is 0 Å². The molecular formula is C20H40N2O5. The predicted molar refractivity (Wildman–Crippen MR) is 107 cm³/mol. The molecule has 0 heterocycles. The monoisotopic (exact) mass is 388 g/mol. The minimum absolute atomic E-state index is 0. The zero-order valence-electron chi connectivity index (χ0n) is 17.2. The van der Waals surface area contributed by atoms with Crippen molar-refractivity contribution in [3.05, 3.63) is 0 Å². The molecule has 0 aromatic heterocycles. The second kappa shape index (κ2) is 12.8. The van der Waals surface area contributed by atoms with Gasteiger partial charge in [-0.1, -0.05) is 13.8 Å². The number of hydrogen-bond donors (Lipinski definition) is 2. The van der Waals surface area contributed by atoms with Crippen LogP contribution in [0.5, 0.6) is 0 Å². The van der Waals surface area contributed by atoms with E-state index in [2.05, 4.69) is 10.6 Å². The molecule has 0 spiro atoms. The summed E-state index contributed by atoms with van der Waals surface area (Å²) in [5, 5.41) is 5.90. The van der Waals surface area contributed by atoms with E-state index in [9.17, 15) is 14.4 Å². The molecule has 7 nitrogen and oxygen atoms in total. The fourth-order valence-corrected chi connectivity index (χ4v) is 2.92. The maximum Gasteiger partial charge on any atom is 0.223 e. The Morgan fingerprint density at radius 1 is 1.04 bits per heavy atom. The summed E-state index contributed by atoms with van der Waals surface area (Å²) in [7, 11) is 0. The lowest BCUT2D eigenvalue weighted by Crippen LogP contribution is -2.41. The fraction of sp³-hybridized carbons (Fsp3) is 0.850. The molecule has 2 N–H and O–H groups in total. The van der Waals surface area contributed by atoms with Crippen molar-refractivity contribution in [3.8, 4) is 0 Å². The Morgan fingerprint density at radius 2 is 1.70 bits per heavy atom. The van der Waals surface area contributed by atoms with Crippen molar-refractivity contribution in [1.29, 1.82) is 0 Å². The van der Waals surface area contributed by atoms with E-state index in [0.29, 0.717) is 26.2 Å². The first-order valence-electron chi connectivity index (χ1n) is 10.1. The minimum Gasteiger partial charge on any atom is -0.378 e. The molecule has 0 bridgehead atoms. The van der Waals surface area contributed by atoms with Crippen LogP contribution in [0.4, 0.5) is 0 Å². The van der Waals surface area contributed by atoms with Crippen molar-refractivity contribution in [2.75, 3.05) is 26.4 Å². The molecule has 0 unspecified atom stereocenters. The summed E-state index contributed by atoms with van der Waals surface area (Å²) in [5.74, 6) is 0.0655. The van der Waals surface area contributed by atoms with Crippen LogP contribution in [0, 0.1) is 11.8 Å². The van der Waals surface area contributed by atoms with Crippen LogP contribution in [0.3, 0.4) is 0 Å². The summed E-state index contributed by atoms with van der Waals surface area (Å²) in [6, 6.07) is 0.144. The number of carbonyl (C=O) groups excluding carboxylic acids is 3. The van der Waals surface area contributed by atoms with Crippen LogP contribution in [0.25, 0.3) is 0 Å². The van der Waals surface area contributed by atoms with Crippen molar-refractivity contribution in [2.45, 2.75) is 71.9 Å². The Kier molecular flexibility index (Phi) is 11.2. The molecule has 0 aromatic rings. The summed E-state index contributed by atoms with van der Waals surface area (Å²) in [4.78, 5) is 35.5. The molecule has 0 atom stereocenters. The Labute approximate surface area is 165 Å². The van der Waals surface area contributed by atoms with Crippen LogP contribution < -0.4 is 10.6 Å². The van der Waals surface area contributed by atoms with Crippen LogP contribution in [0.2, 0.25) is 0 Å². The van der Waals surface area contributed by atoms with E-state index in [0.717, 1.165) is 25.7 Å². The first-order chi connectivity index (χ1) is 12.8. The molecule has 1 saturated carbocycles. The number of ether oxygens (including phenoxy) is 2. The molecular weight excluding hydrogens is 348 g/mol. The lowest BCUT2D eigenvalue weighted by molar-refractivity contribution is -0.127. The van der Waals surface area contributed by atoms with Crippen LogP contribution in [0.1, 0.15) is 62.7 Å². The maximum absolute atomic E-state index is 12.2. The van der Waals surface area contributed by atoms with Gasteiger partial charge in [-0.05, 0) is 39.5 Å². The molecule has 0 radical (unpaired) electrons. The quantitative estimate of drug-likeness (QED) is 0.501. The number of hydrogen-bond acceptors (Lipinski definition) is 5. The van der Waals surface area contributed by atoms with E-state index in [4.69, 9.17) is 9.47 Å². The van der Waals surface area contributed by atoms with E-state index >= 15 is 0 Å². The Bertz CT molecular complexity index is 481. The smallest absolute Gasteiger partial charge is 0.223 e. The summed E-state index contributed by atoms with van der Waals surface area (Å²) in [5.41, 5.74) is 0. The van der Waals surface area contributed by atoms with Gasteiger partial charge < -0.3 is 20.1 Å². The summed E-state index contributed by atoms with van der Waals surface area (Å²) in [6.45, 7) is 8.86. The normalized spacial score (nSPS) is 19.9. The molecule has 1 aliphatic carbocycles. The third-order valence-electron chi connectivity index (χ3n) is 4.68. The molecule has 7 heteroatoms. The highest BCUT2D eigenvalue weighted by molar-refractivity contribution is 5.81. The molecule has 1 rings (SSSR count). The maximum atomic E-state index is 12.2. The van der Waals surface area contributed by atoms with E-state index in [1.807, 2.05) is 27.7 Å². The first-order valence-corrected chi connectivity index (χ1v) is 10.1. The van der Waals surface area contributed by atoms with Crippen LogP contribution in [-0.4, -0.2) is 56.1 Å². The lowest BCUT2D eigenvalue weighted by Gasteiger charge is -2.28. The van der Waals surface area contributed by atoms with Gasteiger partial charge in [0, 0.05) is 33.7 Å². The Morgan fingerprint density at radius 3 is 2.30 bits per heavy atom. The zero-order valence-corrected chi connectivity index (χ0v) is 17.2. The number of rotatable bonds is 12. The highest BCUT2D eigenvalue weighted by Crippen LogP contribution is 2.24. The molecule has 1 fully saturated rings. The van der Waals surface area contributed by atoms with Gasteiger partial charge in [0.25, 0.3) is 0 Å². The van der Waals surface area contributed by atoms with Gasteiger partial charge in [-0.2, -0.15) is 0 Å². The van der Waals surface area contributed by atoms with E-state index in [1.54, 1.807) is 0 Å². The van der Waals surface area contributed by atoms with Gasteiger partial charge >= 0.3 is 0 Å². The minimum atomic E-state index is -0.0296. The Hall–Kier alpha value is -1.47. The molecule has 27 heavy (non-hydrogen) atoms. The van der Waals surface area contributed by atoms with Gasteiger partial charge in [0.05, 0.1) is 19.3 Å². The third kappa shape index (κ3) is 10.4. The highest BCUT2D eigenvalue weighted by Gasteiger charge is 2.26. The molecule has 2 amide bonds. The summed E-state index contributed by atoms with van der Waals surface area (Å²) in [6.07, 6.45) is 3.67. The molecule has 0 saturated heterocycles. The number of amides is 2. The van der Waals surface area contributed by atoms with Crippen molar-refractivity contribution < 1.29 is 26.7 Å². The van der Waals surface area contributed by atoms with Crippen LogP contribution in [0.15, 0.2) is 0 Å². The standard InChI is InChI=1S/C20H36N2O5.2H2/c1-14(2)18(23)13-26-12-10-21-20(25)16-5-7-17(8-6-16)22-19(24)9-11-27-15(3)4;;/h14-17H,5-13H2,1-4H3,(H,21,25)(H,22,24);2*1H. The second-order valence-corrected chi connectivity index (χ2v) is 7.75. The number of Topliss-reactive ketones (excluding diaryl/α,β-unsaturated/α-hetero) is 1. The molecule has 1 aliphatic rings. The van der Waals surface area contributed by atoms with Crippen LogP contribution in [-0.2, 0) is 23.9 Å². The van der Waals surface area contributed by atoms with Crippen molar-refractivity contribution in [2.24, 2.45) is 11.8 Å². The SMILES string of the molecule is CC(C)OCCC(=O)NC1CCC(C(=O)NCCOCC(=O)C(C)C)CC1.[HH].[HH]. The van der Waals surface area contributed by atoms with Gasteiger partial charge in [-0.15, -0.1) is 0 Å².